The second kappa shape index (κ2) is 6.97. The van der Waals surface area contributed by atoms with E-state index in [0.29, 0.717) is 12.8 Å². The molecule has 0 fully saturated rings. The van der Waals surface area contributed by atoms with Crippen LogP contribution in [0.1, 0.15) is 42.8 Å². The maximum absolute atomic E-state index is 10.9. The van der Waals surface area contributed by atoms with Gasteiger partial charge in [0, 0.05) is 6.42 Å². The van der Waals surface area contributed by atoms with E-state index in [4.69, 9.17) is 5.11 Å². The van der Waals surface area contributed by atoms with Crippen LogP contribution in [0.4, 0.5) is 0 Å². The molecule has 0 saturated carbocycles. The highest BCUT2D eigenvalue weighted by molar-refractivity contribution is 5.67. The fourth-order valence-electron chi connectivity index (χ4n) is 2.39. The smallest absolute Gasteiger partial charge is 0.305 e. The number of nitrogens with zero attached hydrogens (tertiary/aromatic N) is 4. The van der Waals surface area contributed by atoms with Gasteiger partial charge in [0.05, 0.1) is 12.5 Å². The summed E-state index contributed by atoms with van der Waals surface area (Å²) in [6.45, 7) is 4.01. The minimum absolute atomic E-state index is 0.0407. The Hall–Kier alpha value is -2.24. The van der Waals surface area contributed by atoms with E-state index in [0.717, 1.165) is 12.2 Å². The van der Waals surface area contributed by atoms with E-state index >= 15 is 0 Å². The van der Waals surface area contributed by atoms with E-state index in [9.17, 15) is 4.79 Å². The second-order valence-electron chi connectivity index (χ2n) is 5.19. The van der Waals surface area contributed by atoms with Crippen LogP contribution in [0.5, 0.6) is 0 Å². The minimum atomic E-state index is -0.831. The van der Waals surface area contributed by atoms with Gasteiger partial charge in [0.1, 0.15) is 0 Å². The lowest BCUT2D eigenvalue weighted by Crippen LogP contribution is -2.17. The number of aryl methyl sites for hydroxylation is 3. The molecule has 0 spiro atoms. The van der Waals surface area contributed by atoms with Crippen molar-refractivity contribution in [1.29, 1.82) is 0 Å². The zero-order chi connectivity index (χ0) is 15.2. The third kappa shape index (κ3) is 4.11. The number of rotatable bonds is 7. The molecule has 1 aromatic carbocycles. The number of aliphatic carboxylic acids is 1. The summed E-state index contributed by atoms with van der Waals surface area (Å²) in [5, 5.41) is 20.7. The first-order chi connectivity index (χ1) is 10.1. The van der Waals surface area contributed by atoms with Gasteiger partial charge in [-0.2, -0.15) is 0 Å². The van der Waals surface area contributed by atoms with E-state index in [2.05, 4.69) is 40.6 Å². The van der Waals surface area contributed by atoms with Crippen molar-refractivity contribution >= 4 is 5.97 Å². The molecule has 0 aliphatic heterocycles. The van der Waals surface area contributed by atoms with Crippen molar-refractivity contribution in [2.24, 2.45) is 0 Å². The third-order valence-electron chi connectivity index (χ3n) is 3.51. The summed E-state index contributed by atoms with van der Waals surface area (Å²) in [6.07, 6.45) is 2.27. The first-order valence-corrected chi connectivity index (χ1v) is 7.14. The van der Waals surface area contributed by atoms with Crippen LogP contribution < -0.4 is 0 Å². The van der Waals surface area contributed by atoms with Crippen molar-refractivity contribution in [3.05, 3.63) is 41.2 Å². The van der Waals surface area contributed by atoms with Gasteiger partial charge in [-0.15, -0.1) is 5.10 Å². The molecule has 0 saturated heterocycles. The monoisotopic (exact) mass is 288 g/mol. The number of benzene rings is 1. The van der Waals surface area contributed by atoms with Gasteiger partial charge >= 0.3 is 5.97 Å². The molecule has 112 valence electrons. The Morgan fingerprint density at radius 3 is 2.86 bits per heavy atom. The summed E-state index contributed by atoms with van der Waals surface area (Å²) in [7, 11) is 0. The molecule has 1 heterocycles. The molecule has 1 unspecified atom stereocenters. The summed E-state index contributed by atoms with van der Waals surface area (Å²) in [5.41, 5.74) is 2.46. The van der Waals surface area contributed by atoms with Crippen LogP contribution in [0.3, 0.4) is 0 Å². The lowest BCUT2D eigenvalue weighted by atomic mass is 10.1. The lowest BCUT2D eigenvalue weighted by molar-refractivity contribution is -0.138. The molecule has 21 heavy (non-hydrogen) atoms. The third-order valence-corrected chi connectivity index (χ3v) is 3.51. The van der Waals surface area contributed by atoms with Crippen molar-refractivity contribution in [2.75, 3.05) is 0 Å². The summed E-state index contributed by atoms with van der Waals surface area (Å²) in [6, 6.07) is 8.13. The Morgan fingerprint density at radius 1 is 1.38 bits per heavy atom. The number of carboxylic acid groups (broad SMARTS) is 1. The van der Waals surface area contributed by atoms with Crippen molar-refractivity contribution in [3.8, 4) is 0 Å². The molecule has 1 aromatic heterocycles. The number of aromatic nitrogens is 4. The number of tetrazole rings is 1. The zero-order valence-electron chi connectivity index (χ0n) is 12.4. The lowest BCUT2D eigenvalue weighted by Gasteiger charge is -2.14. The minimum Gasteiger partial charge on any atom is -0.481 e. The molecule has 1 N–H and O–H groups in total. The summed E-state index contributed by atoms with van der Waals surface area (Å²) >= 11 is 0. The Morgan fingerprint density at radius 2 is 2.19 bits per heavy atom. The highest BCUT2D eigenvalue weighted by Gasteiger charge is 2.18. The molecule has 6 heteroatoms. The van der Waals surface area contributed by atoms with Crippen LogP contribution in [0.25, 0.3) is 0 Å². The van der Waals surface area contributed by atoms with Crippen LogP contribution in [0.15, 0.2) is 24.3 Å². The molecule has 0 radical (unpaired) electrons. The molecule has 0 aliphatic carbocycles. The zero-order valence-corrected chi connectivity index (χ0v) is 12.4. The average Bonchev–Trinajstić information content (AvgIpc) is 2.90. The number of hydrogen-bond donors (Lipinski definition) is 1. The van der Waals surface area contributed by atoms with Crippen LogP contribution in [0.2, 0.25) is 0 Å². The highest BCUT2D eigenvalue weighted by atomic mass is 16.4. The predicted molar refractivity (Wildman–Crippen MR) is 78.0 cm³/mol. The van der Waals surface area contributed by atoms with Gasteiger partial charge in [-0.05, 0) is 35.8 Å². The molecule has 1 atom stereocenters. The fourth-order valence-corrected chi connectivity index (χ4v) is 2.39. The highest BCUT2D eigenvalue weighted by Crippen LogP contribution is 2.17. The van der Waals surface area contributed by atoms with Gasteiger partial charge in [0.15, 0.2) is 5.82 Å². The van der Waals surface area contributed by atoms with Gasteiger partial charge in [-0.1, -0.05) is 36.8 Å². The first kappa shape index (κ1) is 15.2. The topological polar surface area (TPSA) is 80.9 Å². The Bertz CT molecular complexity index is 609. The maximum atomic E-state index is 10.9. The van der Waals surface area contributed by atoms with Crippen LogP contribution in [-0.2, 0) is 17.6 Å². The summed E-state index contributed by atoms with van der Waals surface area (Å²) in [4.78, 5) is 10.9. The number of carboxylic acids is 1. The fraction of sp³-hybridized carbons (Fsp3) is 0.467. The standard InChI is InChI=1S/C15H20N4O2/c1-3-13(10-15(20)21)19-14(16-17-18-19)8-7-12-6-4-5-11(2)9-12/h4-6,9,13H,3,7-8,10H2,1-2H3,(H,20,21). The van der Waals surface area contributed by atoms with Gasteiger partial charge in [0.25, 0.3) is 0 Å². The SMILES string of the molecule is CCC(CC(=O)O)n1nnnc1CCc1cccc(C)c1. The van der Waals surface area contributed by atoms with E-state index in [1.54, 1.807) is 4.68 Å². The molecule has 0 amide bonds. The molecular formula is C15H20N4O2. The van der Waals surface area contributed by atoms with Crippen LogP contribution in [0, 0.1) is 6.92 Å². The maximum Gasteiger partial charge on any atom is 0.305 e. The van der Waals surface area contributed by atoms with Gasteiger partial charge < -0.3 is 5.11 Å². The quantitative estimate of drug-likeness (QED) is 0.844. The van der Waals surface area contributed by atoms with E-state index in [1.165, 1.54) is 11.1 Å². The van der Waals surface area contributed by atoms with Gasteiger partial charge in [0.2, 0.25) is 0 Å². The average molecular weight is 288 g/mol. The van der Waals surface area contributed by atoms with Crippen molar-refractivity contribution in [2.45, 2.75) is 45.6 Å². The summed E-state index contributed by atoms with van der Waals surface area (Å²) in [5.74, 6) is -0.0911. The Balaban J connectivity index is 2.07. The number of carbonyl (C=O) groups is 1. The molecule has 0 aliphatic rings. The van der Waals surface area contributed by atoms with Gasteiger partial charge in [-0.25, -0.2) is 4.68 Å². The first-order valence-electron chi connectivity index (χ1n) is 7.14. The number of hydrogen-bond acceptors (Lipinski definition) is 4. The molecule has 2 rings (SSSR count). The van der Waals surface area contributed by atoms with Crippen LogP contribution in [-0.4, -0.2) is 31.3 Å². The predicted octanol–water partition coefficient (Wildman–Crippen LogP) is 2.19. The van der Waals surface area contributed by atoms with E-state index in [1.807, 2.05) is 13.0 Å². The summed E-state index contributed by atoms with van der Waals surface area (Å²) < 4.78 is 1.66. The molecule has 6 nitrogen and oxygen atoms in total. The second-order valence-corrected chi connectivity index (χ2v) is 5.19. The normalized spacial score (nSPS) is 12.3. The molecular weight excluding hydrogens is 268 g/mol. The Kier molecular flexibility index (Phi) is 5.03. The van der Waals surface area contributed by atoms with E-state index < -0.39 is 5.97 Å². The molecule has 2 aromatic rings. The Labute approximate surface area is 123 Å². The molecule has 0 bridgehead atoms. The van der Waals surface area contributed by atoms with Crippen LogP contribution >= 0.6 is 0 Å². The van der Waals surface area contributed by atoms with Gasteiger partial charge in [-0.3, -0.25) is 4.79 Å². The van der Waals surface area contributed by atoms with Crippen molar-refractivity contribution in [3.63, 3.8) is 0 Å². The van der Waals surface area contributed by atoms with E-state index in [-0.39, 0.29) is 12.5 Å². The van der Waals surface area contributed by atoms with Crippen molar-refractivity contribution in [1.82, 2.24) is 20.2 Å². The van der Waals surface area contributed by atoms with Crippen molar-refractivity contribution < 1.29 is 9.90 Å². The largest absolute Gasteiger partial charge is 0.481 e.